The van der Waals surface area contributed by atoms with Gasteiger partial charge in [0.1, 0.15) is 5.58 Å². The van der Waals surface area contributed by atoms with E-state index in [2.05, 4.69) is 0 Å². The summed E-state index contributed by atoms with van der Waals surface area (Å²) in [7, 11) is 7.03. The van der Waals surface area contributed by atoms with E-state index < -0.39 is 6.04 Å². The van der Waals surface area contributed by atoms with Crippen LogP contribution in [0.3, 0.4) is 0 Å². The second-order valence-electron chi connectivity index (χ2n) is 8.43. The number of methoxy groups -OCH3 is 2. The van der Waals surface area contributed by atoms with Gasteiger partial charge in [-0.15, -0.1) is 0 Å². The van der Waals surface area contributed by atoms with Crippen LogP contribution < -0.4 is 14.9 Å². The Balaban J connectivity index is 1.96. The Labute approximate surface area is 187 Å². The monoisotopic (exact) mass is 436 g/mol. The fraction of sp³-hybridized carbons (Fsp3) is 0.360. The van der Waals surface area contributed by atoms with Crippen molar-refractivity contribution in [2.24, 2.45) is 0 Å². The van der Waals surface area contributed by atoms with Crippen LogP contribution in [0.4, 0.5) is 0 Å². The first-order valence-corrected chi connectivity index (χ1v) is 10.5. The summed E-state index contributed by atoms with van der Waals surface area (Å²) >= 11 is 0. The zero-order valence-corrected chi connectivity index (χ0v) is 19.3. The second kappa shape index (κ2) is 8.31. The molecule has 1 aliphatic rings. The molecule has 1 aliphatic heterocycles. The fourth-order valence-electron chi connectivity index (χ4n) is 4.18. The lowest BCUT2D eigenvalue weighted by Crippen LogP contribution is -2.35. The molecule has 4 rings (SSSR count). The van der Waals surface area contributed by atoms with Gasteiger partial charge in [0.05, 0.1) is 31.2 Å². The van der Waals surface area contributed by atoms with Crippen molar-refractivity contribution in [1.29, 1.82) is 0 Å². The van der Waals surface area contributed by atoms with Crippen LogP contribution in [-0.4, -0.2) is 57.1 Å². The van der Waals surface area contributed by atoms with Crippen molar-refractivity contribution < 1.29 is 18.7 Å². The highest BCUT2D eigenvalue weighted by Crippen LogP contribution is 2.40. The van der Waals surface area contributed by atoms with Gasteiger partial charge in [0, 0.05) is 13.1 Å². The van der Waals surface area contributed by atoms with Gasteiger partial charge in [-0.3, -0.25) is 9.59 Å². The lowest BCUT2D eigenvalue weighted by molar-refractivity contribution is 0.0716. The van der Waals surface area contributed by atoms with Gasteiger partial charge in [-0.05, 0) is 68.9 Å². The van der Waals surface area contributed by atoms with Gasteiger partial charge in [-0.1, -0.05) is 6.07 Å². The third kappa shape index (κ3) is 3.52. The predicted molar refractivity (Wildman–Crippen MR) is 123 cm³/mol. The molecule has 2 aromatic carbocycles. The molecule has 0 bridgehead atoms. The molecule has 7 nitrogen and oxygen atoms in total. The molecular formula is C25H28N2O5. The summed E-state index contributed by atoms with van der Waals surface area (Å²) in [5, 5.41) is 0.486. The first-order chi connectivity index (χ1) is 15.3. The lowest BCUT2D eigenvalue weighted by atomic mass is 9.97. The topological polar surface area (TPSA) is 72.2 Å². The van der Waals surface area contributed by atoms with Crippen LogP contribution in [-0.2, 0) is 0 Å². The molecule has 0 fully saturated rings. The number of fused-ring (bicyclic) bond motifs is 2. The third-order valence-corrected chi connectivity index (χ3v) is 6.09. The van der Waals surface area contributed by atoms with E-state index >= 15 is 0 Å². The van der Waals surface area contributed by atoms with Gasteiger partial charge in [0.15, 0.2) is 16.9 Å². The van der Waals surface area contributed by atoms with Gasteiger partial charge in [0.25, 0.3) is 5.91 Å². The molecule has 2 heterocycles. The van der Waals surface area contributed by atoms with Gasteiger partial charge in [-0.25, -0.2) is 0 Å². The average molecular weight is 437 g/mol. The Kier molecular flexibility index (Phi) is 5.69. The normalized spacial score (nSPS) is 15.5. The molecule has 1 amide bonds. The summed E-state index contributed by atoms with van der Waals surface area (Å²) in [6, 6.07) is 8.57. The van der Waals surface area contributed by atoms with Crippen molar-refractivity contribution in [3.05, 3.63) is 68.6 Å². The zero-order valence-electron chi connectivity index (χ0n) is 19.3. The van der Waals surface area contributed by atoms with E-state index in [4.69, 9.17) is 13.9 Å². The van der Waals surface area contributed by atoms with Gasteiger partial charge in [0.2, 0.25) is 5.76 Å². The second-order valence-corrected chi connectivity index (χ2v) is 8.43. The largest absolute Gasteiger partial charge is 0.493 e. The smallest absolute Gasteiger partial charge is 0.290 e. The van der Waals surface area contributed by atoms with Crippen LogP contribution in [0, 0.1) is 13.8 Å². The third-order valence-electron chi connectivity index (χ3n) is 6.09. The molecule has 0 saturated heterocycles. The standard InChI is InChI=1S/C25H28N2O5/c1-14-11-17-19(12-15(14)2)32-24-21(23(17)28)22(27(25(24)29)10-9-26(3)4)16-7-8-18(30-5)20(13-16)31-6/h7-8,11-13,22H,9-10H2,1-6H3. The van der Waals surface area contributed by atoms with E-state index in [1.807, 2.05) is 57.1 Å². The summed E-state index contributed by atoms with van der Waals surface area (Å²) in [5.41, 5.74) is 3.41. The summed E-state index contributed by atoms with van der Waals surface area (Å²) in [6.07, 6.45) is 0. The highest BCUT2D eigenvalue weighted by Gasteiger charge is 2.42. The summed E-state index contributed by atoms with van der Waals surface area (Å²) in [5.74, 6) is 0.954. The maximum Gasteiger partial charge on any atom is 0.290 e. The number of carbonyl (C=O) groups is 1. The number of hydrogen-bond donors (Lipinski definition) is 0. The van der Waals surface area contributed by atoms with Crippen LogP contribution in [0.2, 0.25) is 0 Å². The molecule has 3 aromatic rings. The first kappa shape index (κ1) is 21.9. The Morgan fingerprint density at radius 3 is 2.34 bits per heavy atom. The van der Waals surface area contributed by atoms with Crippen molar-refractivity contribution in [3.8, 4) is 11.5 Å². The quantitative estimate of drug-likeness (QED) is 0.589. The zero-order chi connectivity index (χ0) is 23.2. The minimum Gasteiger partial charge on any atom is -0.493 e. The summed E-state index contributed by atoms with van der Waals surface area (Å²) in [6.45, 7) is 5.01. The van der Waals surface area contributed by atoms with Crippen molar-refractivity contribution in [3.63, 3.8) is 0 Å². The molecule has 7 heteroatoms. The number of ether oxygens (including phenoxy) is 2. The average Bonchev–Trinajstić information content (AvgIpc) is 3.05. The molecule has 0 N–H and O–H groups in total. The van der Waals surface area contributed by atoms with Crippen molar-refractivity contribution in [1.82, 2.24) is 9.80 Å². The highest BCUT2D eigenvalue weighted by atomic mass is 16.5. The molecule has 168 valence electrons. The molecule has 0 aliphatic carbocycles. The van der Waals surface area contributed by atoms with E-state index in [0.29, 0.717) is 41.1 Å². The molecule has 1 atom stereocenters. The molecular weight excluding hydrogens is 408 g/mol. The van der Waals surface area contributed by atoms with Gasteiger partial charge < -0.3 is 23.7 Å². The van der Waals surface area contributed by atoms with Crippen LogP contribution in [0.1, 0.15) is 38.9 Å². The van der Waals surface area contributed by atoms with E-state index in [0.717, 1.165) is 16.7 Å². The Hall–Kier alpha value is -3.32. The molecule has 0 radical (unpaired) electrons. The van der Waals surface area contributed by atoms with E-state index in [9.17, 15) is 9.59 Å². The summed E-state index contributed by atoms with van der Waals surface area (Å²) < 4.78 is 16.9. The van der Waals surface area contributed by atoms with Crippen LogP contribution in [0.15, 0.2) is 39.5 Å². The highest BCUT2D eigenvalue weighted by molar-refractivity contribution is 5.99. The number of hydrogen-bond acceptors (Lipinski definition) is 6. The Bertz CT molecular complexity index is 1260. The number of carbonyl (C=O) groups excluding carboxylic acids is 1. The Morgan fingerprint density at radius 2 is 1.69 bits per heavy atom. The molecule has 32 heavy (non-hydrogen) atoms. The predicted octanol–water partition coefficient (Wildman–Crippen LogP) is 3.53. The Morgan fingerprint density at radius 1 is 1.00 bits per heavy atom. The van der Waals surface area contributed by atoms with Gasteiger partial charge >= 0.3 is 0 Å². The van der Waals surface area contributed by atoms with Crippen molar-refractivity contribution >= 4 is 16.9 Å². The summed E-state index contributed by atoms with van der Waals surface area (Å²) in [4.78, 5) is 30.8. The van der Waals surface area contributed by atoms with E-state index in [1.54, 1.807) is 25.2 Å². The number of nitrogens with zero attached hydrogens (tertiary/aromatic N) is 2. The first-order valence-electron chi connectivity index (χ1n) is 10.5. The lowest BCUT2D eigenvalue weighted by Gasteiger charge is -2.27. The molecule has 0 saturated carbocycles. The van der Waals surface area contributed by atoms with Crippen molar-refractivity contribution in [2.45, 2.75) is 19.9 Å². The van der Waals surface area contributed by atoms with E-state index in [1.165, 1.54) is 0 Å². The number of benzene rings is 2. The SMILES string of the molecule is COc1ccc(C2c3c(oc4cc(C)c(C)cc4c3=O)C(=O)N2CCN(C)C)cc1OC. The minimum absolute atomic E-state index is 0.115. The number of likely N-dealkylation sites (N-methyl/N-ethyl adjacent to an activating group) is 1. The number of amides is 1. The molecule has 1 unspecified atom stereocenters. The minimum atomic E-state index is -0.570. The number of aryl methyl sites for hydroxylation is 2. The number of rotatable bonds is 6. The van der Waals surface area contributed by atoms with E-state index in [-0.39, 0.29) is 17.1 Å². The van der Waals surface area contributed by atoms with Crippen LogP contribution in [0.5, 0.6) is 11.5 Å². The molecule has 0 spiro atoms. The maximum absolute atomic E-state index is 13.7. The van der Waals surface area contributed by atoms with Gasteiger partial charge in [-0.2, -0.15) is 0 Å². The van der Waals surface area contributed by atoms with Crippen LogP contribution >= 0.6 is 0 Å². The fourth-order valence-corrected chi connectivity index (χ4v) is 4.18. The van der Waals surface area contributed by atoms with Crippen LogP contribution in [0.25, 0.3) is 11.0 Å². The van der Waals surface area contributed by atoms with Crippen molar-refractivity contribution in [2.75, 3.05) is 41.4 Å². The maximum atomic E-state index is 13.7. The molecule has 1 aromatic heterocycles.